The minimum atomic E-state index is -0.745. The molecule has 1 aromatic carbocycles. The minimum absolute atomic E-state index is 0.197. The van der Waals surface area contributed by atoms with Gasteiger partial charge < -0.3 is 15.3 Å². The molecule has 3 N–H and O–H groups in total. The van der Waals surface area contributed by atoms with Gasteiger partial charge in [-0.05, 0) is 52.1 Å². The average Bonchev–Trinajstić information content (AvgIpc) is 3.14. The number of benzene rings is 1. The molecule has 2 aromatic heterocycles. The number of nitrogens with one attached hydrogen (secondary N) is 2. The Labute approximate surface area is 186 Å². The predicted molar refractivity (Wildman–Crippen MR) is 121 cm³/mol. The number of amides is 1. The van der Waals surface area contributed by atoms with Crippen molar-refractivity contribution in [3.05, 3.63) is 41.3 Å². The quantitative estimate of drug-likeness (QED) is 0.564. The number of rotatable bonds is 5. The highest BCUT2D eigenvalue weighted by Gasteiger charge is 2.30. The Morgan fingerprint density at radius 1 is 1.25 bits per heavy atom. The van der Waals surface area contributed by atoms with Crippen LogP contribution in [0.5, 0.6) is 5.75 Å². The molecule has 0 aliphatic carbocycles. The average molecular weight is 441 g/mol. The molecule has 0 bridgehead atoms. The Kier molecular flexibility index (Phi) is 5.87. The zero-order chi connectivity index (χ0) is 23.0. The topological polar surface area (TPSA) is 97.4 Å². The number of hydrogen-bond donors (Lipinski definition) is 3. The van der Waals surface area contributed by atoms with Crippen molar-refractivity contribution in [2.24, 2.45) is 0 Å². The summed E-state index contributed by atoms with van der Waals surface area (Å²) in [6.07, 6.45) is 0. The zero-order valence-electron chi connectivity index (χ0n) is 18.9. The Morgan fingerprint density at radius 3 is 2.66 bits per heavy atom. The summed E-state index contributed by atoms with van der Waals surface area (Å²) in [7, 11) is 2.12. The number of aromatic hydroxyl groups is 1. The van der Waals surface area contributed by atoms with Gasteiger partial charge in [0.25, 0.3) is 5.91 Å². The molecule has 1 fully saturated rings. The third-order valence-corrected chi connectivity index (χ3v) is 6.24. The number of likely N-dealkylation sites (N-methyl/N-ethyl adjacent to an activating group) is 1. The van der Waals surface area contributed by atoms with Crippen LogP contribution in [0.3, 0.4) is 0 Å². The van der Waals surface area contributed by atoms with Gasteiger partial charge in [-0.2, -0.15) is 5.10 Å². The van der Waals surface area contributed by atoms with Crippen LogP contribution in [0, 0.1) is 12.7 Å². The number of halogens is 1. The Balaban J connectivity index is 1.61. The largest absolute Gasteiger partial charge is 0.505 e. The van der Waals surface area contributed by atoms with Gasteiger partial charge in [-0.25, -0.2) is 9.37 Å². The van der Waals surface area contributed by atoms with Crippen LogP contribution in [0.2, 0.25) is 0 Å². The van der Waals surface area contributed by atoms with Crippen LogP contribution in [0.1, 0.15) is 29.9 Å². The van der Waals surface area contributed by atoms with Crippen LogP contribution < -0.4 is 5.32 Å². The van der Waals surface area contributed by atoms with Crippen molar-refractivity contribution in [3.63, 3.8) is 0 Å². The van der Waals surface area contributed by atoms with E-state index in [-0.39, 0.29) is 11.4 Å². The molecule has 3 aromatic rings. The first kappa shape index (κ1) is 22.2. The maximum atomic E-state index is 13.9. The number of nitrogens with zero attached hydrogens (tertiary/aromatic N) is 4. The summed E-state index contributed by atoms with van der Waals surface area (Å²) in [6.45, 7) is 10.5. The molecule has 32 heavy (non-hydrogen) atoms. The smallest absolute Gasteiger partial charge is 0.252 e. The van der Waals surface area contributed by atoms with Crippen molar-refractivity contribution in [2.75, 3.05) is 39.8 Å². The van der Waals surface area contributed by atoms with E-state index in [1.165, 1.54) is 12.1 Å². The molecule has 0 radical (unpaired) electrons. The van der Waals surface area contributed by atoms with E-state index in [1.54, 1.807) is 12.1 Å². The van der Waals surface area contributed by atoms with Crippen molar-refractivity contribution in [1.82, 2.24) is 30.3 Å². The van der Waals surface area contributed by atoms with Crippen LogP contribution >= 0.6 is 0 Å². The van der Waals surface area contributed by atoms with E-state index < -0.39 is 11.6 Å². The molecule has 1 saturated heterocycles. The molecule has 1 amide bonds. The number of aromatic nitrogens is 3. The number of aryl methyl sites for hydroxylation is 1. The molecule has 170 valence electrons. The van der Waals surface area contributed by atoms with Crippen molar-refractivity contribution < 1.29 is 14.3 Å². The highest BCUT2D eigenvalue weighted by atomic mass is 19.1. The fourth-order valence-electron chi connectivity index (χ4n) is 4.09. The highest BCUT2D eigenvalue weighted by molar-refractivity contribution is 6.07. The second kappa shape index (κ2) is 8.48. The number of aromatic amines is 1. The predicted octanol–water partition coefficient (Wildman–Crippen LogP) is 2.53. The van der Waals surface area contributed by atoms with E-state index in [0.29, 0.717) is 40.1 Å². The van der Waals surface area contributed by atoms with Gasteiger partial charge in [-0.15, -0.1) is 0 Å². The van der Waals surface area contributed by atoms with Crippen LogP contribution in [-0.2, 0) is 0 Å². The van der Waals surface area contributed by atoms with Gasteiger partial charge in [0.1, 0.15) is 0 Å². The molecule has 0 atom stereocenters. The standard InChI is InChI=1S/C23H29FN6O2/c1-14-20-16(22(32)25-13-23(2,3)30-9-7-29(4)8-10-30)12-18(26-21(20)28-27-14)15-5-6-19(31)17(24)11-15/h5-6,11-12,31H,7-10,13H2,1-4H3,(H,25,32)(H,26,27,28). The van der Waals surface area contributed by atoms with Crippen LogP contribution in [0.4, 0.5) is 4.39 Å². The molecule has 8 nitrogen and oxygen atoms in total. The molecule has 0 spiro atoms. The first-order valence-corrected chi connectivity index (χ1v) is 10.7. The third kappa shape index (κ3) is 4.31. The first-order valence-electron chi connectivity index (χ1n) is 10.7. The van der Waals surface area contributed by atoms with Gasteiger partial charge in [-0.3, -0.25) is 14.8 Å². The summed E-state index contributed by atoms with van der Waals surface area (Å²) in [5, 5.41) is 20.3. The van der Waals surface area contributed by atoms with E-state index in [2.05, 4.69) is 51.2 Å². The van der Waals surface area contributed by atoms with Crippen LogP contribution in [0.15, 0.2) is 24.3 Å². The van der Waals surface area contributed by atoms with E-state index in [1.807, 2.05) is 6.92 Å². The fraction of sp³-hybridized carbons (Fsp3) is 0.435. The lowest BCUT2D eigenvalue weighted by molar-refractivity contribution is 0.0588. The van der Waals surface area contributed by atoms with Gasteiger partial charge in [0, 0.05) is 43.8 Å². The summed E-state index contributed by atoms with van der Waals surface area (Å²) in [4.78, 5) is 22.5. The molecule has 0 saturated carbocycles. The number of phenolic OH excluding ortho intramolecular Hbond substituents is 1. The summed E-state index contributed by atoms with van der Waals surface area (Å²) in [5.74, 6) is -1.41. The molecule has 0 unspecified atom stereocenters. The van der Waals surface area contributed by atoms with Gasteiger partial charge in [-0.1, -0.05) is 0 Å². The molecule has 4 rings (SSSR count). The minimum Gasteiger partial charge on any atom is -0.505 e. The lowest BCUT2D eigenvalue weighted by Crippen LogP contribution is -2.57. The van der Waals surface area contributed by atoms with E-state index in [0.717, 1.165) is 26.2 Å². The van der Waals surface area contributed by atoms with Crippen molar-refractivity contribution in [1.29, 1.82) is 0 Å². The maximum Gasteiger partial charge on any atom is 0.252 e. The first-order chi connectivity index (χ1) is 15.2. The molecular formula is C23H29FN6O2. The van der Waals surface area contributed by atoms with Gasteiger partial charge in [0.2, 0.25) is 0 Å². The second-order valence-corrected chi connectivity index (χ2v) is 9.04. The Bertz CT molecular complexity index is 1150. The third-order valence-electron chi connectivity index (χ3n) is 6.24. The normalized spacial score (nSPS) is 15.9. The molecule has 3 heterocycles. The zero-order valence-corrected chi connectivity index (χ0v) is 18.9. The maximum absolute atomic E-state index is 13.9. The van der Waals surface area contributed by atoms with Gasteiger partial charge in [0.15, 0.2) is 17.2 Å². The highest BCUT2D eigenvalue weighted by Crippen LogP contribution is 2.28. The Morgan fingerprint density at radius 2 is 1.97 bits per heavy atom. The fourth-order valence-corrected chi connectivity index (χ4v) is 4.09. The summed E-state index contributed by atoms with van der Waals surface area (Å²) < 4.78 is 13.9. The number of carbonyl (C=O) groups is 1. The molecular weight excluding hydrogens is 411 g/mol. The number of hydrogen-bond acceptors (Lipinski definition) is 6. The van der Waals surface area contributed by atoms with Crippen LogP contribution in [0.25, 0.3) is 22.3 Å². The van der Waals surface area contributed by atoms with Crippen molar-refractivity contribution in [3.8, 4) is 17.0 Å². The second-order valence-electron chi connectivity index (χ2n) is 9.04. The molecule has 1 aliphatic heterocycles. The number of piperazine rings is 1. The SMILES string of the molecule is Cc1n[nH]c2nc(-c3ccc(O)c(F)c3)cc(C(=O)NCC(C)(C)N3CCN(C)CC3)c12. The number of phenols is 1. The number of fused-ring (bicyclic) bond motifs is 1. The lowest BCUT2D eigenvalue weighted by Gasteiger charge is -2.43. The van der Waals surface area contributed by atoms with Crippen LogP contribution in [-0.4, -0.2) is 81.3 Å². The van der Waals surface area contributed by atoms with E-state index in [9.17, 15) is 14.3 Å². The number of H-pyrrole nitrogens is 1. The number of carbonyl (C=O) groups excluding carboxylic acids is 1. The van der Waals surface area contributed by atoms with Gasteiger partial charge >= 0.3 is 0 Å². The van der Waals surface area contributed by atoms with E-state index in [4.69, 9.17) is 0 Å². The van der Waals surface area contributed by atoms with Crippen molar-refractivity contribution >= 4 is 16.9 Å². The summed E-state index contributed by atoms with van der Waals surface area (Å²) >= 11 is 0. The molecule has 1 aliphatic rings. The number of pyridine rings is 1. The lowest BCUT2D eigenvalue weighted by atomic mass is 10.0. The summed E-state index contributed by atoms with van der Waals surface area (Å²) in [5.41, 5.74) is 2.23. The monoisotopic (exact) mass is 440 g/mol. The van der Waals surface area contributed by atoms with Crippen molar-refractivity contribution in [2.45, 2.75) is 26.3 Å². The van der Waals surface area contributed by atoms with Gasteiger partial charge in [0.05, 0.1) is 22.3 Å². The summed E-state index contributed by atoms with van der Waals surface area (Å²) in [6, 6.07) is 5.68. The Hall–Kier alpha value is -3.04. The van der Waals surface area contributed by atoms with E-state index >= 15 is 0 Å². The molecule has 9 heteroatoms.